The molecule has 0 unspecified atom stereocenters. The van der Waals surface area contributed by atoms with E-state index in [1.54, 1.807) is 0 Å². The Bertz CT molecular complexity index is 1190. The highest BCUT2D eigenvalue weighted by atomic mass is 35.5. The molecule has 0 bridgehead atoms. The van der Waals surface area contributed by atoms with Crippen molar-refractivity contribution in [2.24, 2.45) is 0 Å². The average molecular weight is 449 g/mol. The van der Waals surface area contributed by atoms with E-state index in [1.165, 1.54) is 7.11 Å². The predicted octanol–water partition coefficient (Wildman–Crippen LogP) is 6.46. The van der Waals surface area contributed by atoms with Crippen LogP contribution in [0, 0.1) is 0 Å². The Morgan fingerprint density at radius 1 is 0.969 bits per heavy atom. The van der Waals surface area contributed by atoms with Gasteiger partial charge in [-0.25, -0.2) is 4.98 Å². The molecule has 0 saturated carbocycles. The van der Waals surface area contributed by atoms with Crippen molar-refractivity contribution in [2.75, 3.05) is 13.7 Å². The molecule has 0 fully saturated rings. The second-order valence-corrected chi connectivity index (χ2v) is 7.94. The lowest BCUT2D eigenvalue weighted by Crippen LogP contribution is -2.01. The number of halogens is 1. The number of fused-ring (bicyclic) bond motifs is 1. The first-order valence-electron chi connectivity index (χ1n) is 10.7. The third-order valence-corrected chi connectivity index (χ3v) is 5.52. The molecule has 0 aliphatic carbocycles. The summed E-state index contributed by atoms with van der Waals surface area (Å²) in [6.45, 7) is 0.591. The fourth-order valence-electron chi connectivity index (χ4n) is 3.62. The molecule has 4 rings (SSSR count). The van der Waals surface area contributed by atoms with Crippen molar-refractivity contribution in [2.45, 2.75) is 25.7 Å². The molecule has 0 amide bonds. The SMILES string of the molecule is COC(=O)CCCCCOc1ccc2nc(-c3ccccc3)n(-c3ccc(Cl)cc3)c2c1. The first kappa shape index (κ1) is 21.9. The molecule has 0 N–H and O–H groups in total. The van der Waals surface area contributed by atoms with Crippen LogP contribution in [0.1, 0.15) is 25.7 Å². The zero-order valence-corrected chi connectivity index (χ0v) is 18.7. The van der Waals surface area contributed by atoms with Gasteiger partial charge in [-0.1, -0.05) is 41.9 Å². The van der Waals surface area contributed by atoms with E-state index in [2.05, 4.69) is 21.4 Å². The zero-order chi connectivity index (χ0) is 22.3. The van der Waals surface area contributed by atoms with Crippen molar-refractivity contribution in [3.8, 4) is 22.8 Å². The highest BCUT2D eigenvalue weighted by Gasteiger charge is 2.15. The van der Waals surface area contributed by atoms with E-state index in [0.717, 1.165) is 53.1 Å². The number of ether oxygens (including phenoxy) is 2. The second-order valence-electron chi connectivity index (χ2n) is 7.50. The van der Waals surface area contributed by atoms with E-state index >= 15 is 0 Å². The molecular weight excluding hydrogens is 424 g/mol. The fraction of sp³-hybridized carbons (Fsp3) is 0.231. The van der Waals surface area contributed by atoms with E-state index in [4.69, 9.17) is 21.3 Å². The quantitative estimate of drug-likeness (QED) is 0.218. The van der Waals surface area contributed by atoms with Crippen LogP contribution in [-0.4, -0.2) is 29.2 Å². The predicted molar refractivity (Wildman–Crippen MR) is 127 cm³/mol. The summed E-state index contributed by atoms with van der Waals surface area (Å²) < 4.78 is 12.8. The van der Waals surface area contributed by atoms with Crippen molar-refractivity contribution in [3.05, 3.63) is 77.8 Å². The minimum Gasteiger partial charge on any atom is -0.494 e. The normalized spacial score (nSPS) is 10.9. The molecule has 164 valence electrons. The first-order chi connectivity index (χ1) is 15.7. The molecule has 4 aromatic rings. The minimum absolute atomic E-state index is 0.166. The Labute approximate surface area is 192 Å². The van der Waals surface area contributed by atoms with Crippen molar-refractivity contribution >= 4 is 28.6 Å². The summed E-state index contributed by atoms with van der Waals surface area (Å²) in [4.78, 5) is 16.1. The molecule has 0 radical (unpaired) electrons. The zero-order valence-electron chi connectivity index (χ0n) is 18.0. The van der Waals surface area contributed by atoms with Crippen LogP contribution in [0.2, 0.25) is 5.02 Å². The summed E-state index contributed by atoms with van der Waals surface area (Å²) in [5, 5.41) is 0.690. The highest BCUT2D eigenvalue weighted by Crippen LogP contribution is 2.31. The molecule has 6 heteroatoms. The van der Waals surface area contributed by atoms with Gasteiger partial charge in [0.15, 0.2) is 0 Å². The summed E-state index contributed by atoms with van der Waals surface area (Å²) in [5.41, 5.74) is 3.88. The summed E-state index contributed by atoms with van der Waals surface area (Å²) in [5.74, 6) is 1.49. The Hall–Kier alpha value is -3.31. The van der Waals surface area contributed by atoms with Crippen molar-refractivity contribution in [3.63, 3.8) is 0 Å². The molecule has 0 saturated heterocycles. The van der Waals surface area contributed by atoms with E-state index in [1.807, 2.05) is 60.7 Å². The van der Waals surface area contributed by atoms with Crippen LogP contribution in [0.4, 0.5) is 0 Å². The minimum atomic E-state index is -0.166. The average Bonchev–Trinajstić information content (AvgIpc) is 3.21. The summed E-state index contributed by atoms with van der Waals surface area (Å²) >= 11 is 6.12. The van der Waals surface area contributed by atoms with Gasteiger partial charge in [0.2, 0.25) is 0 Å². The van der Waals surface area contributed by atoms with Crippen molar-refractivity contribution < 1.29 is 14.3 Å². The topological polar surface area (TPSA) is 53.4 Å². The van der Waals surface area contributed by atoms with Gasteiger partial charge >= 0.3 is 5.97 Å². The van der Waals surface area contributed by atoms with E-state index in [-0.39, 0.29) is 5.97 Å². The largest absolute Gasteiger partial charge is 0.494 e. The number of unbranched alkanes of at least 4 members (excludes halogenated alkanes) is 2. The number of hydrogen-bond acceptors (Lipinski definition) is 4. The first-order valence-corrected chi connectivity index (χ1v) is 11.1. The molecule has 0 aliphatic heterocycles. The molecule has 1 heterocycles. The monoisotopic (exact) mass is 448 g/mol. The van der Waals surface area contributed by atoms with Gasteiger partial charge in [0.1, 0.15) is 11.6 Å². The van der Waals surface area contributed by atoms with Crippen LogP contribution in [-0.2, 0) is 9.53 Å². The molecule has 0 atom stereocenters. The van der Waals surface area contributed by atoms with Gasteiger partial charge in [-0.05, 0) is 55.7 Å². The van der Waals surface area contributed by atoms with Crippen LogP contribution >= 0.6 is 11.6 Å². The molecule has 5 nitrogen and oxygen atoms in total. The van der Waals surface area contributed by atoms with Crippen LogP contribution in [0.5, 0.6) is 5.75 Å². The van der Waals surface area contributed by atoms with Crippen LogP contribution in [0.15, 0.2) is 72.8 Å². The molecule has 0 aliphatic rings. The number of esters is 1. The van der Waals surface area contributed by atoms with Gasteiger partial charge in [0.25, 0.3) is 0 Å². The Balaban J connectivity index is 1.58. The Morgan fingerprint density at radius 2 is 1.75 bits per heavy atom. The van der Waals surface area contributed by atoms with Crippen LogP contribution < -0.4 is 4.74 Å². The third-order valence-electron chi connectivity index (χ3n) is 5.26. The highest BCUT2D eigenvalue weighted by molar-refractivity contribution is 6.30. The molecule has 32 heavy (non-hydrogen) atoms. The van der Waals surface area contributed by atoms with Gasteiger partial charge in [0, 0.05) is 28.8 Å². The number of hydrogen-bond donors (Lipinski definition) is 0. The van der Waals surface area contributed by atoms with E-state index < -0.39 is 0 Å². The lowest BCUT2D eigenvalue weighted by molar-refractivity contribution is -0.140. The van der Waals surface area contributed by atoms with Crippen molar-refractivity contribution in [1.29, 1.82) is 0 Å². The van der Waals surface area contributed by atoms with Gasteiger partial charge in [-0.15, -0.1) is 0 Å². The number of carbonyl (C=O) groups excluding carboxylic acids is 1. The number of methoxy groups -OCH3 is 1. The van der Waals surface area contributed by atoms with Crippen LogP contribution in [0.25, 0.3) is 28.1 Å². The number of carbonyl (C=O) groups is 1. The van der Waals surface area contributed by atoms with Crippen LogP contribution in [0.3, 0.4) is 0 Å². The molecular formula is C26H25ClN2O3. The molecule has 1 aromatic heterocycles. The smallest absolute Gasteiger partial charge is 0.305 e. The Kier molecular flexibility index (Phi) is 7.07. The number of imidazole rings is 1. The fourth-order valence-corrected chi connectivity index (χ4v) is 3.74. The summed E-state index contributed by atoms with van der Waals surface area (Å²) in [6.07, 6.45) is 3.04. The molecule has 0 spiro atoms. The third kappa shape index (κ3) is 5.11. The van der Waals surface area contributed by atoms with Gasteiger partial charge in [0.05, 0.1) is 24.8 Å². The van der Waals surface area contributed by atoms with Gasteiger partial charge < -0.3 is 9.47 Å². The maximum absolute atomic E-state index is 11.2. The molecule has 3 aromatic carbocycles. The van der Waals surface area contributed by atoms with E-state index in [9.17, 15) is 4.79 Å². The van der Waals surface area contributed by atoms with E-state index in [0.29, 0.717) is 18.1 Å². The maximum atomic E-state index is 11.2. The maximum Gasteiger partial charge on any atom is 0.305 e. The lowest BCUT2D eigenvalue weighted by atomic mass is 10.2. The number of aromatic nitrogens is 2. The number of nitrogens with zero attached hydrogens (tertiary/aromatic N) is 2. The van der Waals surface area contributed by atoms with Crippen molar-refractivity contribution in [1.82, 2.24) is 9.55 Å². The van der Waals surface area contributed by atoms with Gasteiger partial charge in [-0.2, -0.15) is 0 Å². The Morgan fingerprint density at radius 3 is 2.50 bits per heavy atom. The second kappa shape index (κ2) is 10.3. The standard InChI is InChI=1S/C26H25ClN2O3/c1-31-25(30)10-6-3-7-17-32-22-15-16-23-24(18-22)29(21-13-11-20(27)12-14-21)26(28-23)19-8-4-2-5-9-19/h2,4-5,8-9,11-16,18H,3,6-7,10,17H2,1H3. The number of benzene rings is 3. The summed E-state index contributed by atoms with van der Waals surface area (Å²) in [6, 6.07) is 23.8. The summed E-state index contributed by atoms with van der Waals surface area (Å²) in [7, 11) is 1.42. The van der Waals surface area contributed by atoms with Gasteiger partial charge in [-0.3, -0.25) is 9.36 Å². The lowest BCUT2D eigenvalue weighted by Gasteiger charge is -2.11. The number of rotatable bonds is 9.